The maximum Gasteiger partial charge on any atom is 0.224 e. The van der Waals surface area contributed by atoms with Gasteiger partial charge < -0.3 is 15.7 Å². The number of likely N-dealkylation sites (N-methyl/N-ethyl adjacent to an activating group) is 1. The molecular formula is C14H20N2O3. The summed E-state index contributed by atoms with van der Waals surface area (Å²) in [5.41, 5.74) is 1.60. The van der Waals surface area contributed by atoms with Crippen LogP contribution in [0.1, 0.15) is 25.3 Å². The summed E-state index contributed by atoms with van der Waals surface area (Å²) in [5, 5.41) is 14.1. The second-order valence-electron chi connectivity index (χ2n) is 4.20. The topological polar surface area (TPSA) is 78.4 Å². The van der Waals surface area contributed by atoms with Crippen LogP contribution in [0.3, 0.4) is 0 Å². The maximum atomic E-state index is 11.4. The van der Waals surface area contributed by atoms with Crippen molar-refractivity contribution in [3.63, 3.8) is 0 Å². The van der Waals surface area contributed by atoms with Gasteiger partial charge in [-0.3, -0.25) is 9.59 Å². The van der Waals surface area contributed by atoms with E-state index in [9.17, 15) is 9.59 Å². The molecular weight excluding hydrogens is 244 g/mol. The number of aliphatic hydroxyl groups excluding tert-OH is 1. The number of carbonyl (C=O) groups excluding carboxylic acids is 2. The zero-order valence-corrected chi connectivity index (χ0v) is 11.1. The summed E-state index contributed by atoms with van der Waals surface area (Å²) in [6.07, 6.45) is 1.10. The van der Waals surface area contributed by atoms with Crippen molar-refractivity contribution < 1.29 is 14.7 Å². The molecule has 0 aliphatic carbocycles. The zero-order chi connectivity index (χ0) is 14.1. The molecule has 0 heterocycles. The smallest absolute Gasteiger partial charge is 0.224 e. The van der Waals surface area contributed by atoms with E-state index >= 15 is 0 Å². The number of carbonyl (C=O) groups is 2. The molecule has 0 fully saturated rings. The van der Waals surface area contributed by atoms with Gasteiger partial charge in [0.2, 0.25) is 11.8 Å². The molecule has 0 aliphatic rings. The fourth-order valence-corrected chi connectivity index (χ4v) is 1.61. The highest BCUT2D eigenvalue weighted by atomic mass is 16.3. The molecule has 0 aliphatic heterocycles. The Kier molecular flexibility index (Phi) is 6.60. The molecule has 1 aromatic carbocycles. The first-order chi connectivity index (χ1) is 9.15. The Morgan fingerprint density at radius 2 is 1.84 bits per heavy atom. The van der Waals surface area contributed by atoms with Crippen LogP contribution in [0.5, 0.6) is 0 Å². The van der Waals surface area contributed by atoms with E-state index in [4.69, 9.17) is 5.11 Å². The molecule has 0 unspecified atom stereocenters. The van der Waals surface area contributed by atoms with Crippen LogP contribution in [0.25, 0.3) is 0 Å². The zero-order valence-electron chi connectivity index (χ0n) is 11.1. The molecule has 0 atom stereocenters. The van der Waals surface area contributed by atoms with Crippen LogP contribution in [-0.2, 0) is 16.0 Å². The van der Waals surface area contributed by atoms with Gasteiger partial charge in [0.25, 0.3) is 0 Å². The summed E-state index contributed by atoms with van der Waals surface area (Å²) in [6.45, 7) is 2.51. The fourth-order valence-electron chi connectivity index (χ4n) is 1.61. The normalized spacial score (nSPS) is 10.0. The maximum absolute atomic E-state index is 11.4. The molecule has 0 aromatic heterocycles. The second kappa shape index (κ2) is 8.26. The van der Waals surface area contributed by atoms with Crippen molar-refractivity contribution in [2.24, 2.45) is 0 Å². The summed E-state index contributed by atoms with van der Waals surface area (Å²) >= 11 is 0. The molecule has 19 heavy (non-hydrogen) atoms. The molecule has 5 nitrogen and oxygen atoms in total. The molecule has 5 heteroatoms. The van der Waals surface area contributed by atoms with Gasteiger partial charge in [0, 0.05) is 25.3 Å². The third-order valence-electron chi connectivity index (χ3n) is 2.54. The Balaban J connectivity index is 2.47. The molecule has 0 spiro atoms. The Morgan fingerprint density at radius 3 is 2.42 bits per heavy atom. The summed E-state index contributed by atoms with van der Waals surface area (Å²) in [4.78, 5) is 22.8. The lowest BCUT2D eigenvalue weighted by molar-refractivity contribution is -0.120. The molecule has 104 valence electrons. The van der Waals surface area contributed by atoms with Crippen LogP contribution in [0.2, 0.25) is 0 Å². The summed E-state index contributed by atoms with van der Waals surface area (Å²) < 4.78 is 0. The van der Waals surface area contributed by atoms with Crippen molar-refractivity contribution in [1.82, 2.24) is 5.32 Å². The van der Waals surface area contributed by atoms with E-state index in [-0.39, 0.29) is 18.4 Å². The van der Waals surface area contributed by atoms with E-state index < -0.39 is 0 Å². The lowest BCUT2D eigenvalue weighted by atomic mass is 10.1. The minimum atomic E-state index is -0.120. The largest absolute Gasteiger partial charge is 0.396 e. The van der Waals surface area contributed by atoms with Crippen LogP contribution in [0.4, 0.5) is 5.69 Å². The average Bonchev–Trinajstić information content (AvgIpc) is 2.39. The van der Waals surface area contributed by atoms with Crippen LogP contribution in [-0.4, -0.2) is 30.1 Å². The monoisotopic (exact) mass is 264 g/mol. The fraction of sp³-hybridized carbons (Fsp3) is 0.429. The van der Waals surface area contributed by atoms with Crippen LogP contribution in [0.15, 0.2) is 24.3 Å². The first-order valence-corrected chi connectivity index (χ1v) is 6.42. The van der Waals surface area contributed by atoms with E-state index in [0.717, 1.165) is 5.56 Å². The lowest BCUT2D eigenvalue weighted by Crippen LogP contribution is -2.24. The van der Waals surface area contributed by atoms with Gasteiger partial charge in [-0.25, -0.2) is 0 Å². The molecule has 0 radical (unpaired) electrons. The predicted molar refractivity (Wildman–Crippen MR) is 73.8 cm³/mol. The highest BCUT2D eigenvalue weighted by molar-refractivity contribution is 5.90. The third-order valence-corrected chi connectivity index (χ3v) is 2.54. The molecule has 1 aromatic rings. The van der Waals surface area contributed by atoms with Gasteiger partial charge in [-0.15, -0.1) is 0 Å². The SMILES string of the molecule is CCNC(=O)Cc1ccc(NC(=O)CCCO)cc1. The van der Waals surface area contributed by atoms with Crippen LogP contribution >= 0.6 is 0 Å². The first kappa shape index (κ1) is 15.2. The van der Waals surface area contributed by atoms with Crippen molar-refractivity contribution in [1.29, 1.82) is 0 Å². The van der Waals surface area contributed by atoms with Crippen molar-refractivity contribution >= 4 is 17.5 Å². The Bertz CT molecular complexity index is 415. The number of nitrogens with one attached hydrogen (secondary N) is 2. The summed E-state index contributed by atoms with van der Waals surface area (Å²) in [5.74, 6) is -0.132. The summed E-state index contributed by atoms with van der Waals surface area (Å²) in [6, 6.07) is 7.17. The van der Waals surface area contributed by atoms with Crippen molar-refractivity contribution in [2.75, 3.05) is 18.5 Å². The number of aliphatic hydroxyl groups is 1. The van der Waals surface area contributed by atoms with Gasteiger partial charge in [0.1, 0.15) is 0 Å². The third kappa shape index (κ3) is 6.01. The average molecular weight is 264 g/mol. The number of benzene rings is 1. The van der Waals surface area contributed by atoms with E-state index in [1.807, 2.05) is 19.1 Å². The predicted octanol–water partition coefficient (Wildman–Crippen LogP) is 1.08. The van der Waals surface area contributed by atoms with Crippen molar-refractivity contribution in [3.8, 4) is 0 Å². The molecule has 3 N–H and O–H groups in total. The van der Waals surface area contributed by atoms with Gasteiger partial charge in [0.15, 0.2) is 0 Å². The van der Waals surface area contributed by atoms with Gasteiger partial charge in [0.05, 0.1) is 6.42 Å². The van der Waals surface area contributed by atoms with Gasteiger partial charge in [-0.2, -0.15) is 0 Å². The van der Waals surface area contributed by atoms with Crippen molar-refractivity contribution in [2.45, 2.75) is 26.2 Å². The first-order valence-electron chi connectivity index (χ1n) is 6.42. The lowest BCUT2D eigenvalue weighted by Gasteiger charge is -2.06. The molecule has 0 saturated heterocycles. The summed E-state index contributed by atoms with van der Waals surface area (Å²) in [7, 11) is 0. The van der Waals surface area contributed by atoms with Crippen LogP contribution in [0, 0.1) is 0 Å². The van der Waals surface area contributed by atoms with Crippen molar-refractivity contribution in [3.05, 3.63) is 29.8 Å². The Morgan fingerprint density at radius 1 is 1.16 bits per heavy atom. The van der Waals surface area contributed by atoms with Gasteiger partial charge >= 0.3 is 0 Å². The van der Waals surface area contributed by atoms with E-state index in [2.05, 4.69) is 10.6 Å². The van der Waals surface area contributed by atoms with E-state index in [1.165, 1.54) is 0 Å². The highest BCUT2D eigenvalue weighted by Crippen LogP contribution is 2.10. The van der Waals surface area contributed by atoms with Gasteiger partial charge in [-0.05, 0) is 31.0 Å². The number of hydrogen-bond donors (Lipinski definition) is 3. The number of anilines is 1. The standard InChI is InChI=1S/C14H20N2O3/c1-2-15-14(19)10-11-5-7-12(8-6-11)16-13(18)4-3-9-17/h5-8,17H,2-4,9-10H2,1H3,(H,15,19)(H,16,18). The minimum Gasteiger partial charge on any atom is -0.396 e. The number of amides is 2. The quantitative estimate of drug-likeness (QED) is 0.689. The molecule has 0 bridgehead atoms. The number of rotatable bonds is 7. The minimum absolute atomic E-state index is 0.0118. The van der Waals surface area contributed by atoms with Crippen LogP contribution < -0.4 is 10.6 Å². The highest BCUT2D eigenvalue weighted by Gasteiger charge is 2.04. The molecule has 2 amide bonds. The second-order valence-corrected chi connectivity index (χ2v) is 4.20. The van der Waals surface area contributed by atoms with E-state index in [0.29, 0.717) is 31.5 Å². The Hall–Kier alpha value is -1.88. The number of hydrogen-bond acceptors (Lipinski definition) is 3. The Labute approximate surface area is 113 Å². The van der Waals surface area contributed by atoms with Gasteiger partial charge in [-0.1, -0.05) is 12.1 Å². The molecule has 1 rings (SSSR count). The molecule has 0 saturated carbocycles. The van der Waals surface area contributed by atoms with E-state index in [1.54, 1.807) is 12.1 Å².